The number of nitrogens with zero attached hydrogens (tertiary/aromatic N) is 2. The average Bonchev–Trinajstić information content (AvgIpc) is 2.70. The Hall–Kier alpha value is -0.580. The van der Waals surface area contributed by atoms with Gasteiger partial charge in [-0.2, -0.15) is 5.10 Å². The van der Waals surface area contributed by atoms with Crippen LogP contribution in [0.5, 0.6) is 0 Å². The van der Waals surface area contributed by atoms with E-state index in [2.05, 4.69) is 10.4 Å². The van der Waals surface area contributed by atoms with Crippen LogP contribution in [0, 0.1) is 6.92 Å². The molecule has 1 saturated carbocycles. The second kappa shape index (κ2) is 4.96. The molecule has 0 radical (unpaired) electrons. The van der Waals surface area contributed by atoms with Crippen molar-refractivity contribution in [2.45, 2.75) is 44.2 Å². The van der Waals surface area contributed by atoms with E-state index >= 15 is 0 Å². The first-order valence-corrected chi connectivity index (χ1v) is 6.49. The first-order valence-electron chi connectivity index (χ1n) is 6.11. The van der Waals surface area contributed by atoms with E-state index < -0.39 is 0 Å². The maximum absolute atomic E-state index is 9.55. The zero-order chi connectivity index (χ0) is 12.5. The van der Waals surface area contributed by atoms with Gasteiger partial charge in [0.25, 0.3) is 0 Å². The first-order chi connectivity index (χ1) is 8.10. The average molecular weight is 258 g/mol. The molecule has 0 spiro atoms. The van der Waals surface area contributed by atoms with Gasteiger partial charge in [-0.3, -0.25) is 4.68 Å². The lowest BCUT2D eigenvalue weighted by atomic mass is 9.79. The third kappa shape index (κ3) is 2.49. The molecule has 0 aromatic carbocycles. The number of nitrogens with one attached hydrogen (secondary N) is 1. The highest BCUT2D eigenvalue weighted by Gasteiger charge is 2.35. The molecule has 2 N–H and O–H groups in total. The Morgan fingerprint density at radius 3 is 3.00 bits per heavy atom. The Bertz CT molecular complexity index is 368. The lowest BCUT2D eigenvalue weighted by molar-refractivity contribution is 0.101. The van der Waals surface area contributed by atoms with Crippen LogP contribution in [-0.2, 0) is 0 Å². The van der Waals surface area contributed by atoms with Crippen LogP contribution in [0.1, 0.15) is 37.4 Å². The van der Waals surface area contributed by atoms with E-state index in [1.54, 1.807) is 0 Å². The number of likely N-dealkylation sites (N-methyl/N-ethyl adjacent to an activating group) is 1. The molecular weight excluding hydrogens is 238 g/mol. The van der Waals surface area contributed by atoms with E-state index in [0.29, 0.717) is 6.04 Å². The van der Waals surface area contributed by atoms with E-state index in [9.17, 15) is 5.11 Å². The van der Waals surface area contributed by atoms with Crippen LogP contribution < -0.4 is 5.32 Å². The summed E-state index contributed by atoms with van der Waals surface area (Å²) in [6, 6.07) is 0.328. The number of aliphatic hydroxyl groups excluding tert-OH is 1. The normalized spacial score (nSPS) is 29.5. The van der Waals surface area contributed by atoms with Crippen LogP contribution >= 0.6 is 11.6 Å². The first kappa shape index (κ1) is 12.9. The van der Waals surface area contributed by atoms with Gasteiger partial charge in [-0.15, -0.1) is 0 Å². The summed E-state index contributed by atoms with van der Waals surface area (Å²) in [6.07, 6.45) is 6.01. The van der Waals surface area contributed by atoms with E-state index in [-0.39, 0.29) is 12.1 Å². The Morgan fingerprint density at radius 1 is 1.71 bits per heavy atom. The van der Waals surface area contributed by atoms with Crippen molar-refractivity contribution in [3.8, 4) is 0 Å². The fraction of sp³-hybridized carbons (Fsp3) is 0.750. The van der Waals surface area contributed by atoms with E-state index in [1.165, 1.54) is 0 Å². The molecule has 2 rings (SSSR count). The molecule has 2 unspecified atom stereocenters. The highest BCUT2D eigenvalue weighted by molar-refractivity contribution is 6.31. The van der Waals surface area contributed by atoms with Crippen molar-refractivity contribution in [1.29, 1.82) is 0 Å². The summed E-state index contributed by atoms with van der Waals surface area (Å²) in [5.41, 5.74) is 0.714. The molecule has 1 aliphatic carbocycles. The van der Waals surface area contributed by atoms with Crippen molar-refractivity contribution < 1.29 is 5.11 Å². The highest BCUT2D eigenvalue weighted by atomic mass is 35.5. The molecule has 5 heteroatoms. The number of rotatable bonds is 3. The summed E-state index contributed by atoms with van der Waals surface area (Å²) in [5.74, 6) is 0. The van der Waals surface area contributed by atoms with Crippen LogP contribution in [-0.4, -0.2) is 34.1 Å². The number of aryl methyl sites for hydroxylation is 1. The van der Waals surface area contributed by atoms with Crippen LogP contribution in [0.25, 0.3) is 0 Å². The maximum Gasteiger partial charge on any atom is 0.0815 e. The summed E-state index contributed by atoms with van der Waals surface area (Å²) in [4.78, 5) is 0. The molecule has 0 saturated heterocycles. The van der Waals surface area contributed by atoms with Gasteiger partial charge in [0.1, 0.15) is 0 Å². The van der Waals surface area contributed by atoms with Crippen LogP contribution in [0.15, 0.2) is 6.20 Å². The third-order valence-corrected chi connectivity index (χ3v) is 4.25. The smallest absolute Gasteiger partial charge is 0.0815 e. The van der Waals surface area contributed by atoms with Crippen molar-refractivity contribution in [1.82, 2.24) is 15.1 Å². The molecule has 1 aromatic heterocycles. The van der Waals surface area contributed by atoms with Gasteiger partial charge in [-0.1, -0.05) is 11.6 Å². The molecule has 1 aromatic rings. The van der Waals surface area contributed by atoms with E-state index in [1.807, 2.05) is 24.9 Å². The minimum atomic E-state index is -0.157. The molecule has 1 aliphatic rings. The number of halogens is 1. The largest absolute Gasteiger partial charge is 0.394 e. The number of hydrogen-bond acceptors (Lipinski definition) is 3. The summed E-state index contributed by atoms with van der Waals surface area (Å²) >= 11 is 6.04. The van der Waals surface area contributed by atoms with Gasteiger partial charge in [-0.05, 0) is 39.7 Å². The second-order valence-corrected chi connectivity index (χ2v) is 5.39. The monoisotopic (exact) mass is 257 g/mol. The van der Waals surface area contributed by atoms with Gasteiger partial charge in [0.2, 0.25) is 0 Å². The molecule has 0 amide bonds. The van der Waals surface area contributed by atoms with Gasteiger partial charge in [0, 0.05) is 11.7 Å². The molecule has 0 bridgehead atoms. The summed E-state index contributed by atoms with van der Waals surface area (Å²) < 4.78 is 1.96. The van der Waals surface area contributed by atoms with Crippen molar-refractivity contribution in [3.05, 3.63) is 16.9 Å². The Labute approximate surface area is 107 Å². The second-order valence-electron chi connectivity index (χ2n) is 4.98. The van der Waals surface area contributed by atoms with E-state index in [4.69, 9.17) is 11.6 Å². The summed E-state index contributed by atoms with van der Waals surface area (Å²) in [6.45, 7) is 2.09. The molecular formula is C12H20ClN3O. The van der Waals surface area contributed by atoms with Gasteiger partial charge in [0.05, 0.1) is 23.4 Å². The lowest BCUT2D eigenvalue weighted by Crippen LogP contribution is -2.50. The zero-order valence-corrected chi connectivity index (χ0v) is 11.2. The van der Waals surface area contributed by atoms with Gasteiger partial charge < -0.3 is 10.4 Å². The molecule has 0 aliphatic heterocycles. The Balaban J connectivity index is 2.17. The zero-order valence-electron chi connectivity index (χ0n) is 10.4. The Kier molecular flexibility index (Phi) is 3.76. The van der Waals surface area contributed by atoms with Crippen molar-refractivity contribution in [2.24, 2.45) is 0 Å². The number of hydrogen-bond donors (Lipinski definition) is 2. The van der Waals surface area contributed by atoms with Crippen LogP contribution in [0.2, 0.25) is 5.02 Å². The summed E-state index contributed by atoms with van der Waals surface area (Å²) in [5, 5.41) is 18.0. The molecule has 1 heterocycles. The molecule has 96 valence electrons. The summed E-state index contributed by atoms with van der Waals surface area (Å²) in [7, 11) is 1.92. The van der Waals surface area contributed by atoms with Crippen LogP contribution in [0.3, 0.4) is 0 Å². The van der Waals surface area contributed by atoms with Gasteiger partial charge in [0.15, 0.2) is 0 Å². The number of aromatic nitrogens is 2. The minimum Gasteiger partial charge on any atom is -0.394 e. The standard InChI is InChI=1S/C12H20ClN3O/c1-9-11(13)7-16(15-9)10-4-3-5-12(6-10,8-17)14-2/h7,10,14,17H,3-6,8H2,1-2H3. The minimum absolute atomic E-state index is 0.157. The quantitative estimate of drug-likeness (QED) is 0.870. The van der Waals surface area contributed by atoms with Crippen LogP contribution in [0.4, 0.5) is 0 Å². The Morgan fingerprint density at radius 2 is 2.47 bits per heavy atom. The van der Waals surface area contributed by atoms with Crippen molar-refractivity contribution in [3.63, 3.8) is 0 Å². The maximum atomic E-state index is 9.55. The molecule has 1 fully saturated rings. The predicted molar refractivity (Wildman–Crippen MR) is 68.4 cm³/mol. The van der Waals surface area contributed by atoms with Crippen molar-refractivity contribution in [2.75, 3.05) is 13.7 Å². The highest BCUT2D eigenvalue weighted by Crippen LogP contribution is 2.35. The fourth-order valence-electron chi connectivity index (χ4n) is 2.65. The molecule has 17 heavy (non-hydrogen) atoms. The van der Waals surface area contributed by atoms with E-state index in [0.717, 1.165) is 36.4 Å². The topological polar surface area (TPSA) is 50.1 Å². The van der Waals surface area contributed by atoms with Gasteiger partial charge >= 0.3 is 0 Å². The van der Waals surface area contributed by atoms with Crippen molar-refractivity contribution >= 4 is 11.6 Å². The number of aliphatic hydroxyl groups is 1. The SMILES string of the molecule is CNC1(CO)CCCC(n2cc(Cl)c(C)n2)C1. The lowest BCUT2D eigenvalue weighted by Gasteiger charge is -2.39. The van der Waals surface area contributed by atoms with Gasteiger partial charge in [-0.25, -0.2) is 0 Å². The predicted octanol–water partition coefficient (Wildman–Crippen LogP) is 1.91. The molecule has 2 atom stereocenters. The third-order valence-electron chi connectivity index (χ3n) is 3.88. The fourth-order valence-corrected chi connectivity index (χ4v) is 2.79. The molecule has 4 nitrogen and oxygen atoms in total.